The van der Waals surface area contributed by atoms with E-state index in [-0.39, 0.29) is 10.8 Å². The van der Waals surface area contributed by atoms with Crippen molar-refractivity contribution in [2.45, 2.75) is 45.7 Å². The Morgan fingerprint density at radius 1 is 1.47 bits per heavy atom. The van der Waals surface area contributed by atoms with Gasteiger partial charge in [0.1, 0.15) is 5.82 Å². The quantitative estimate of drug-likeness (QED) is 0.856. The van der Waals surface area contributed by atoms with Gasteiger partial charge < -0.3 is 5.32 Å². The van der Waals surface area contributed by atoms with Gasteiger partial charge in [-0.3, -0.25) is 0 Å². The van der Waals surface area contributed by atoms with Crippen LogP contribution in [0.25, 0.3) is 0 Å². The maximum absolute atomic E-state index is 13.0. The molecule has 1 atom stereocenters. The highest BCUT2D eigenvalue weighted by Gasteiger charge is 2.33. The molecule has 0 amide bonds. The molecule has 0 aromatic heterocycles. The molecule has 0 bridgehead atoms. The third kappa shape index (κ3) is 2.99. The first kappa shape index (κ1) is 12.8. The Morgan fingerprint density at radius 2 is 2.24 bits per heavy atom. The van der Waals surface area contributed by atoms with E-state index >= 15 is 0 Å². The minimum absolute atomic E-state index is 0.204. The molecule has 1 nitrogen and oxygen atoms in total. The van der Waals surface area contributed by atoms with Crippen LogP contribution in [0.15, 0.2) is 18.2 Å². The second-order valence-electron chi connectivity index (χ2n) is 5.56. The summed E-state index contributed by atoms with van der Waals surface area (Å²) in [4.78, 5) is 0. The summed E-state index contributed by atoms with van der Waals surface area (Å²) >= 11 is 5.76. The molecule has 1 aromatic carbocycles. The van der Waals surface area contributed by atoms with E-state index in [1.54, 1.807) is 12.1 Å². The van der Waals surface area contributed by atoms with Crippen molar-refractivity contribution in [1.82, 2.24) is 5.32 Å². The Labute approximate surface area is 107 Å². The van der Waals surface area contributed by atoms with Gasteiger partial charge in [-0.05, 0) is 36.0 Å². The standard InChI is InChI=1S/C14H19ClFN/c1-14(2)7-3-4-13(14)17-9-10-5-6-12(16)11(15)8-10/h5-6,8,13,17H,3-4,7,9H2,1-2H3. The Morgan fingerprint density at radius 3 is 2.82 bits per heavy atom. The van der Waals surface area contributed by atoms with Gasteiger partial charge in [0.2, 0.25) is 0 Å². The number of benzene rings is 1. The third-order valence-electron chi connectivity index (χ3n) is 3.79. The fourth-order valence-electron chi connectivity index (χ4n) is 2.60. The first-order chi connectivity index (χ1) is 7.99. The maximum Gasteiger partial charge on any atom is 0.141 e. The molecule has 0 spiro atoms. The number of halogens is 2. The minimum Gasteiger partial charge on any atom is -0.309 e. The molecule has 1 saturated carbocycles. The van der Waals surface area contributed by atoms with Crippen LogP contribution >= 0.6 is 11.6 Å². The van der Waals surface area contributed by atoms with Crippen LogP contribution in [0.1, 0.15) is 38.7 Å². The van der Waals surface area contributed by atoms with Crippen molar-refractivity contribution >= 4 is 11.6 Å². The number of hydrogen-bond donors (Lipinski definition) is 1. The van der Waals surface area contributed by atoms with Gasteiger partial charge in [0, 0.05) is 12.6 Å². The van der Waals surface area contributed by atoms with Crippen LogP contribution in [0, 0.1) is 11.2 Å². The average Bonchev–Trinajstić information content (AvgIpc) is 2.60. The van der Waals surface area contributed by atoms with Gasteiger partial charge in [-0.1, -0.05) is 37.9 Å². The highest BCUT2D eigenvalue weighted by Crippen LogP contribution is 2.37. The Kier molecular flexibility index (Phi) is 3.74. The van der Waals surface area contributed by atoms with Crippen LogP contribution in [-0.2, 0) is 6.54 Å². The van der Waals surface area contributed by atoms with Crippen molar-refractivity contribution in [3.05, 3.63) is 34.6 Å². The molecule has 1 aromatic rings. The van der Waals surface area contributed by atoms with Gasteiger partial charge in [-0.25, -0.2) is 4.39 Å². The van der Waals surface area contributed by atoms with E-state index in [2.05, 4.69) is 19.2 Å². The van der Waals surface area contributed by atoms with Gasteiger partial charge in [0.25, 0.3) is 0 Å². The number of hydrogen-bond acceptors (Lipinski definition) is 1. The second-order valence-corrected chi connectivity index (χ2v) is 5.97. The number of rotatable bonds is 3. The van der Waals surface area contributed by atoms with Crippen LogP contribution in [0.2, 0.25) is 5.02 Å². The summed E-state index contributed by atoms with van der Waals surface area (Å²) in [6.07, 6.45) is 3.78. The Balaban J connectivity index is 1.96. The van der Waals surface area contributed by atoms with E-state index in [0.717, 1.165) is 12.1 Å². The molecule has 1 aliphatic rings. The maximum atomic E-state index is 13.0. The fourth-order valence-corrected chi connectivity index (χ4v) is 2.80. The molecule has 3 heteroatoms. The summed E-state index contributed by atoms with van der Waals surface area (Å²) in [5, 5.41) is 3.76. The molecular weight excluding hydrogens is 237 g/mol. The van der Waals surface area contributed by atoms with Crippen LogP contribution in [0.3, 0.4) is 0 Å². The molecule has 0 aliphatic heterocycles. The van der Waals surface area contributed by atoms with Crippen LogP contribution < -0.4 is 5.32 Å². The topological polar surface area (TPSA) is 12.0 Å². The zero-order valence-corrected chi connectivity index (χ0v) is 11.1. The molecule has 0 saturated heterocycles. The highest BCUT2D eigenvalue weighted by molar-refractivity contribution is 6.30. The van der Waals surface area contributed by atoms with Crippen molar-refractivity contribution < 1.29 is 4.39 Å². The van der Waals surface area contributed by atoms with E-state index in [4.69, 9.17) is 11.6 Å². The van der Waals surface area contributed by atoms with E-state index < -0.39 is 0 Å². The lowest BCUT2D eigenvalue weighted by atomic mass is 9.87. The van der Waals surface area contributed by atoms with Gasteiger partial charge >= 0.3 is 0 Å². The predicted octanol–water partition coefficient (Wildman–Crippen LogP) is 4.15. The van der Waals surface area contributed by atoms with Crippen LogP contribution in [-0.4, -0.2) is 6.04 Å². The molecular formula is C14H19ClFN. The number of nitrogens with one attached hydrogen (secondary N) is 1. The lowest BCUT2D eigenvalue weighted by Gasteiger charge is -2.28. The third-order valence-corrected chi connectivity index (χ3v) is 4.08. The fraction of sp³-hybridized carbons (Fsp3) is 0.571. The van der Waals surface area contributed by atoms with Crippen molar-refractivity contribution in [3.8, 4) is 0 Å². The lowest BCUT2D eigenvalue weighted by Crippen LogP contribution is -2.37. The summed E-state index contributed by atoms with van der Waals surface area (Å²) in [7, 11) is 0. The zero-order chi connectivity index (χ0) is 12.5. The molecule has 2 rings (SSSR count). The van der Waals surface area contributed by atoms with E-state index in [1.807, 2.05) is 0 Å². The summed E-state index contributed by atoms with van der Waals surface area (Å²) in [6, 6.07) is 5.47. The SMILES string of the molecule is CC1(C)CCCC1NCc1ccc(F)c(Cl)c1. The van der Waals surface area contributed by atoms with Gasteiger partial charge in [0.15, 0.2) is 0 Å². The summed E-state index contributed by atoms with van der Waals surface area (Å²) in [5.74, 6) is -0.350. The van der Waals surface area contributed by atoms with Crippen molar-refractivity contribution in [3.63, 3.8) is 0 Å². The molecule has 0 heterocycles. The van der Waals surface area contributed by atoms with Crippen molar-refractivity contribution in [1.29, 1.82) is 0 Å². The van der Waals surface area contributed by atoms with Crippen molar-refractivity contribution in [2.24, 2.45) is 5.41 Å². The van der Waals surface area contributed by atoms with Gasteiger partial charge in [-0.2, -0.15) is 0 Å². The first-order valence-electron chi connectivity index (χ1n) is 6.16. The van der Waals surface area contributed by atoms with Gasteiger partial charge in [0.05, 0.1) is 5.02 Å². The van der Waals surface area contributed by atoms with Crippen LogP contribution in [0.5, 0.6) is 0 Å². The first-order valence-corrected chi connectivity index (χ1v) is 6.54. The van der Waals surface area contributed by atoms with Gasteiger partial charge in [-0.15, -0.1) is 0 Å². The lowest BCUT2D eigenvalue weighted by molar-refractivity contribution is 0.282. The zero-order valence-electron chi connectivity index (χ0n) is 10.4. The van der Waals surface area contributed by atoms with E-state index in [0.29, 0.717) is 11.5 Å². The monoisotopic (exact) mass is 255 g/mol. The molecule has 1 fully saturated rings. The van der Waals surface area contributed by atoms with E-state index in [1.165, 1.54) is 25.3 Å². The predicted molar refractivity (Wildman–Crippen MR) is 69.7 cm³/mol. The summed E-state index contributed by atoms with van der Waals surface area (Å²) in [5.41, 5.74) is 1.41. The molecule has 17 heavy (non-hydrogen) atoms. The molecule has 0 radical (unpaired) electrons. The molecule has 1 unspecified atom stereocenters. The summed E-state index contributed by atoms with van der Waals surface area (Å²) < 4.78 is 13.0. The smallest absolute Gasteiger partial charge is 0.141 e. The molecule has 1 N–H and O–H groups in total. The summed E-state index contributed by atoms with van der Waals surface area (Å²) in [6.45, 7) is 5.36. The highest BCUT2D eigenvalue weighted by atomic mass is 35.5. The average molecular weight is 256 g/mol. The molecule has 94 valence electrons. The Bertz CT molecular complexity index is 403. The Hall–Kier alpha value is -0.600. The van der Waals surface area contributed by atoms with Crippen molar-refractivity contribution in [2.75, 3.05) is 0 Å². The van der Waals surface area contributed by atoms with E-state index in [9.17, 15) is 4.39 Å². The normalized spacial score (nSPS) is 22.9. The van der Waals surface area contributed by atoms with Crippen LogP contribution in [0.4, 0.5) is 4.39 Å². The molecule has 1 aliphatic carbocycles. The minimum atomic E-state index is -0.350. The second kappa shape index (κ2) is 4.95. The largest absolute Gasteiger partial charge is 0.309 e.